The van der Waals surface area contributed by atoms with E-state index in [2.05, 4.69) is 92.1 Å². The summed E-state index contributed by atoms with van der Waals surface area (Å²) in [6.45, 7) is 6.45. The van der Waals surface area contributed by atoms with Crippen LogP contribution in [0.1, 0.15) is 17.0 Å². The molecule has 0 fully saturated rings. The molecule has 0 aliphatic rings. The van der Waals surface area contributed by atoms with E-state index in [-0.39, 0.29) is 0 Å². The van der Waals surface area contributed by atoms with Gasteiger partial charge in [0, 0.05) is 31.4 Å². The smallest absolute Gasteiger partial charge is 0.151 e. The Morgan fingerprint density at radius 3 is 2.14 bits per heavy atom. The number of hydrogen-bond donors (Lipinski definition) is 0. The number of pyridine rings is 1. The molecule has 3 aromatic rings. The zero-order chi connectivity index (χ0) is 15.0. The maximum atomic E-state index is 2.26. The Bertz CT molecular complexity index is 777. The normalized spacial score (nSPS) is 10.9. The van der Waals surface area contributed by atoms with Gasteiger partial charge in [0.15, 0.2) is 0 Å². The van der Waals surface area contributed by atoms with Gasteiger partial charge in [0.2, 0.25) is 11.4 Å². The molecule has 0 unspecified atom stereocenters. The van der Waals surface area contributed by atoms with E-state index in [1.165, 1.54) is 33.4 Å². The molecule has 1 aromatic heterocycles. The minimum Gasteiger partial charge on any atom is -0.151 e. The van der Waals surface area contributed by atoms with Crippen LogP contribution >= 0.6 is 0 Å². The largest absolute Gasteiger partial charge is 0.209 e. The number of benzene rings is 2. The van der Waals surface area contributed by atoms with Crippen molar-refractivity contribution in [2.24, 2.45) is 0 Å². The number of aromatic nitrogens is 1. The minimum absolute atomic E-state index is 1.22. The van der Waals surface area contributed by atoms with E-state index in [0.717, 1.165) is 0 Å². The van der Waals surface area contributed by atoms with Gasteiger partial charge in [-0.05, 0) is 23.9 Å². The number of rotatable bonds is 2. The maximum Gasteiger partial charge on any atom is 0.209 e. The Hall–Kier alpha value is -2.35. The lowest BCUT2D eigenvalue weighted by atomic mass is 10.1. The summed E-state index contributed by atoms with van der Waals surface area (Å²) in [5.74, 6) is 0. The predicted octanol–water partition coefficient (Wildman–Crippen LogP) is 3.95. The third-order valence-electron chi connectivity index (χ3n) is 3.96. The molecule has 0 saturated carbocycles. The van der Waals surface area contributed by atoms with Crippen molar-refractivity contribution in [2.45, 2.75) is 20.8 Å². The number of hydrogen-bond acceptors (Lipinski definition) is 1. The van der Waals surface area contributed by atoms with Crippen LogP contribution in [0.3, 0.4) is 0 Å². The molecule has 3 rings (SSSR count). The highest BCUT2D eigenvalue weighted by atomic mass is 15.5. The van der Waals surface area contributed by atoms with Crippen LogP contribution in [0.15, 0.2) is 54.6 Å². The summed E-state index contributed by atoms with van der Waals surface area (Å²) in [5.41, 5.74) is 4.99. The molecule has 0 aliphatic heterocycles. The van der Waals surface area contributed by atoms with Gasteiger partial charge < -0.3 is 0 Å². The second-order valence-electron chi connectivity index (χ2n) is 5.65. The maximum absolute atomic E-state index is 2.26. The van der Waals surface area contributed by atoms with E-state index in [4.69, 9.17) is 0 Å². The lowest BCUT2D eigenvalue weighted by Gasteiger charge is -2.18. The third kappa shape index (κ3) is 2.38. The quantitative estimate of drug-likeness (QED) is 0.643. The van der Waals surface area contributed by atoms with Gasteiger partial charge in [-0.15, -0.1) is 0 Å². The highest BCUT2D eigenvalue weighted by molar-refractivity contribution is 5.93. The second kappa shape index (κ2) is 5.21. The Balaban J connectivity index is 2.20. The van der Waals surface area contributed by atoms with Gasteiger partial charge in [0.25, 0.3) is 0 Å². The highest BCUT2D eigenvalue weighted by Crippen LogP contribution is 2.25. The molecule has 0 spiro atoms. The van der Waals surface area contributed by atoms with Crippen molar-refractivity contribution < 1.29 is 4.68 Å². The van der Waals surface area contributed by atoms with Crippen molar-refractivity contribution in [3.05, 3.63) is 71.5 Å². The monoisotopic (exact) mass is 277 g/mol. The number of nitrogens with zero attached hydrogens (tertiary/aromatic N) is 2. The van der Waals surface area contributed by atoms with Crippen molar-refractivity contribution in [3.8, 4) is 0 Å². The molecule has 1 heterocycles. The van der Waals surface area contributed by atoms with Crippen LogP contribution in [0.5, 0.6) is 0 Å². The van der Waals surface area contributed by atoms with Crippen LogP contribution in [0.4, 0.5) is 5.69 Å². The summed E-state index contributed by atoms with van der Waals surface area (Å²) >= 11 is 0. The first-order valence-electron chi connectivity index (χ1n) is 7.29. The SMILES string of the molecule is Cc1cc(C)[n+](N(C)c2cccc3ccccc23)c(C)c1. The van der Waals surface area contributed by atoms with E-state index in [1.807, 2.05) is 0 Å². The second-order valence-corrected chi connectivity index (χ2v) is 5.65. The lowest BCUT2D eigenvalue weighted by Crippen LogP contribution is -2.56. The zero-order valence-electron chi connectivity index (χ0n) is 13.1. The molecule has 106 valence electrons. The summed E-state index contributed by atoms with van der Waals surface area (Å²) in [6, 6.07) is 19.4. The summed E-state index contributed by atoms with van der Waals surface area (Å²) in [7, 11) is 2.12. The highest BCUT2D eigenvalue weighted by Gasteiger charge is 2.20. The topological polar surface area (TPSA) is 7.12 Å². The first-order valence-corrected chi connectivity index (χ1v) is 7.29. The Morgan fingerprint density at radius 1 is 0.810 bits per heavy atom. The molecule has 21 heavy (non-hydrogen) atoms. The summed E-state index contributed by atoms with van der Waals surface area (Å²) < 4.78 is 2.26. The van der Waals surface area contributed by atoms with Crippen molar-refractivity contribution in [1.82, 2.24) is 0 Å². The van der Waals surface area contributed by atoms with E-state index in [0.29, 0.717) is 0 Å². The van der Waals surface area contributed by atoms with Crippen molar-refractivity contribution in [2.75, 3.05) is 12.1 Å². The molecule has 2 aromatic carbocycles. The number of fused-ring (bicyclic) bond motifs is 1. The van der Waals surface area contributed by atoms with Crippen molar-refractivity contribution in [1.29, 1.82) is 0 Å². The Labute approximate surface area is 126 Å². The standard InChI is InChI=1S/C19H21N2/c1-14-12-15(2)21(16(3)13-14)20(4)19-11-7-9-17-8-5-6-10-18(17)19/h5-13H,1-4H3/q+1. The predicted molar refractivity (Wildman–Crippen MR) is 88.6 cm³/mol. The van der Waals surface area contributed by atoms with Crippen LogP contribution in [0.2, 0.25) is 0 Å². The average molecular weight is 277 g/mol. The Kier molecular flexibility index (Phi) is 3.38. The van der Waals surface area contributed by atoms with Gasteiger partial charge in [0.1, 0.15) is 5.69 Å². The Morgan fingerprint density at radius 2 is 1.43 bits per heavy atom. The fraction of sp³-hybridized carbons (Fsp3) is 0.211. The van der Waals surface area contributed by atoms with Gasteiger partial charge in [-0.2, -0.15) is 5.01 Å². The van der Waals surface area contributed by atoms with Crippen molar-refractivity contribution >= 4 is 16.5 Å². The van der Waals surface area contributed by atoms with Crippen LogP contribution in [0, 0.1) is 20.8 Å². The summed E-state index contributed by atoms with van der Waals surface area (Å²) in [6.07, 6.45) is 0. The molecule has 0 bridgehead atoms. The van der Waals surface area contributed by atoms with Gasteiger partial charge in [-0.1, -0.05) is 41.1 Å². The number of anilines is 1. The molecule has 2 heteroatoms. The molecule has 0 radical (unpaired) electrons. The zero-order valence-corrected chi connectivity index (χ0v) is 13.1. The number of aryl methyl sites for hydroxylation is 3. The molecule has 0 N–H and O–H groups in total. The van der Waals surface area contributed by atoms with E-state index in [9.17, 15) is 0 Å². The van der Waals surface area contributed by atoms with Crippen LogP contribution in [-0.2, 0) is 0 Å². The third-order valence-corrected chi connectivity index (χ3v) is 3.96. The fourth-order valence-corrected chi connectivity index (χ4v) is 3.17. The van der Waals surface area contributed by atoms with Gasteiger partial charge >= 0.3 is 0 Å². The molecule has 0 amide bonds. The molecular formula is C19H21N2+. The van der Waals surface area contributed by atoms with Gasteiger partial charge in [-0.3, -0.25) is 0 Å². The van der Waals surface area contributed by atoms with Crippen LogP contribution in [-0.4, -0.2) is 7.05 Å². The lowest BCUT2D eigenvalue weighted by molar-refractivity contribution is -0.693. The molecule has 0 atom stereocenters. The first-order chi connectivity index (χ1) is 10.1. The van der Waals surface area contributed by atoms with Crippen LogP contribution < -0.4 is 9.69 Å². The molecule has 2 nitrogen and oxygen atoms in total. The first kappa shape index (κ1) is 13.6. The van der Waals surface area contributed by atoms with E-state index < -0.39 is 0 Å². The average Bonchev–Trinajstić information content (AvgIpc) is 2.45. The molecule has 0 aliphatic carbocycles. The summed E-state index contributed by atoms with van der Waals surface area (Å²) in [4.78, 5) is 0. The minimum atomic E-state index is 1.22. The molecule has 0 saturated heterocycles. The molecular weight excluding hydrogens is 256 g/mol. The van der Waals surface area contributed by atoms with Crippen LogP contribution in [0.25, 0.3) is 10.8 Å². The van der Waals surface area contributed by atoms with Crippen molar-refractivity contribution in [3.63, 3.8) is 0 Å². The fourth-order valence-electron chi connectivity index (χ4n) is 3.17. The van der Waals surface area contributed by atoms with Gasteiger partial charge in [-0.25, -0.2) is 0 Å². The van der Waals surface area contributed by atoms with E-state index in [1.54, 1.807) is 0 Å². The summed E-state index contributed by atoms with van der Waals surface area (Å²) in [5, 5.41) is 4.77. The van der Waals surface area contributed by atoms with E-state index >= 15 is 0 Å². The van der Waals surface area contributed by atoms with Gasteiger partial charge in [0.05, 0.1) is 7.05 Å².